The van der Waals surface area contributed by atoms with Crippen LogP contribution in [-0.4, -0.2) is 56.1 Å². The Balaban J connectivity index is 1.10. The average Bonchev–Trinajstić information content (AvgIpc) is 3.30. The van der Waals surface area contributed by atoms with Crippen molar-refractivity contribution >= 4 is 23.7 Å². The number of ether oxygens (including phenoxy) is 1. The fourth-order valence-corrected chi connectivity index (χ4v) is 6.91. The SMILES string of the molecule is O=C(CSc1nnnn1C[C@@H]1CCCO1)NC(=O)NC12CC3CC(CC(C3)C1)C2. The maximum Gasteiger partial charge on any atom is 0.321 e. The molecule has 5 fully saturated rings. The third-order valence-corrected chi connectivity index (χ3v) is 7.86. The number of thioether (sulfide) groups is 1. The smallest absolute Gasteiger partial charge is 0.321 e. The maximum absolute atomic E-state index is 12.5. The number of imide groups is 1. The van der Waals surface area contributed by atoms with Gasteiger partial charge in [-0.1, -0.05) is 11.8 Å². The summed E-state index contributed by atoms with van der Waals surface area (Å²) in [4.78, 5) is 24.8. The minimum atomic E-state index is -0.364. The van der Waals surface area contributed by atoms with Crippen molar-refractivity contribution in [2.24, 2.45) is 17.8 Å². The van der Waals surface area contributed by atoms with Gasteiger partial charge in [0.25, 0.3) is 0 Å². The standard InChI is InChI=1S/C19H28N6O3S/c26-16(11-29-18-22-23-24-25(18)10-15-2-1-3-28-15)20-17(27)21-19-7-12-4-13(8-19)6-14(5-12)9-19/h12-15H,1-11H2,(H2,20,21,26,27)/t12?,13?,14?,15-,19?/m0/s1. The van der Waals surface area contributed by atoms with Crippen molar-refractivity contribution < 1.29 is 14.3 Å². The van der Waals surface area contributed by atoms with E-state index in [0.29, 0.717) is 11.7 Å². The monoisotopic (exact) mass is 420 g/mol. The first kappa shape index (κ1) is 19.3. The van der Waals surface area contributed by atoms with Crippen LogP contribution < -0.4 is 10.6 Å². The second-order valence-electron chi connectivity index (χ2n) is 9.27. The number of tetrazole rings is 1. The number of nitrogens with zero attached hydrogens (tertiary/aromatic N) is 4. The number of hydrogen-bond acceptors (Lipinski definition) is 7. The van der Waals surface area contributed by atoms with Crippen LogP contribution in [-0.2, 0) is 16.1 Å². The van der Waals surface area contributed by atoms with E-state index < -0.39 is 0 Å². The molecule has 2 heterocycles. The third kappa shape index (κ3) is 4.28. The molecule has 1 saturated heterocycles. The molecule has 158 valence electrons. The largest absolute Gasteiger partial charge is 0.376 e. The molecule has 10 heteroatoms. The number of hydrogen-bond donors (Lipinski definition) is 2. The lowest BCUT2D eigenvalue weighted by molar-refractivity contribution is -0.117. The number of rotatable bonds is 6. The molecule has 0 unspecified atom stereocenters. The second-order valence-corrected chi connectivity index (χ2v) is 10.2. The van der Waals surface area contributed by atoms with E-state index in [0.717, 1.165) is 56.5 Å². The molecule has 1 atom stereocenters. The van der Waals surface area contributed by atoms with Gasteiger partial charge in [0.15, 0.2) is 0 Å². The first-order valence-corrected chi connectivity index (χ1v) is 11.7. The van der Waals surface area contributed by atoms with Crippen LogP contribution in [0.1, 0.15) is 51.4 Å². The molecule has 9 nitrogen and oxygen atoms in total. The first-order valence-electron chi connectivity index (χ1n) is 10.7. The molecule has 5 aliphatic rings. The van der Waals surface area contributed by atoms with Crippen molar-refractivity contribution in [3.8, 4) is 0 Å². The summed E-state index contributed by atoms with van der Waals surface area (Å²) in [7, 11) is 0. The van der Waals surface area contributed by atoms with Crippen LogP contribution in [0, 0.1) is 17.8 Å². The van der Waals surface area contributed by atoms with E-state index in [2.05, 4.69) is 26.2 Å². The zero-order chi connectivity index (χ0) is 19.8. The van der Waals surface area contributed by atoms with Crippen molar-refractivity contribution in [3.63, 3.8) is 0 Å². The minimum absolute atomic E-state index is 0.0974. The summed E-state index contributed by atoms with van der Waals surface area (Å²) < 4.78 is 7.29. The van der Waals surface area contributed by atoms with Crippen LogP contribution in [0.15, 0.2) is 5.16 Å². The summed E-state index contributed by atoms with van der Waals surface area (Å²) in [6, 6.07) is -0.364. The van der Waals surface area contributed by atoms with E-state index in [1.807, 2.05) is 0 Å². The maximum atomic E-state index is 12.5. The molecule has 4 bridgehead atoms. The number of urea groups is 1. The van der Waals surface area contributed by atoms with Gasteiger partial charge >= 0.3 is 6.03 Å². The lowest BCUT2D eigenvalue weighted by atomic mass is 9.53. The van der Waals surface area contributed by atoms with Crippen LogP contribution in [0.2, 0.25) is 0 Å². The molecule has 4 saturated carbocycles. The average molecular weight is 421 g/mol. The van der Waals surface area contributed by atoms with Gasteiger partial charge < -0.3 is 10.1 Å². The van der Waals surface area contributed by atoms with Gasteiger partial charge in [-0.25, -0.2) is 9.48 Å². The Bertz CT molecular complexity index is 742. The van der Waals surface area contributed by atoms with Crippen LogP contribution >= 0.6 is 11.8 Å². The summed E-state index contributed by atoms with van der Waals surface area (Å²) in [5, 5.41) is 17.9. The van der Waals surface area contributed by atoms with Gasteiger partial charge in [0, 0.05) is 12.1 Å². The Morgan fingerprint density at radius 3 is 2.55 bits per heavy atom. The molecule has 3 amide bonds. The highest BCUT2D eigenvalue weighted by Crippen LogP contribution is 2.55. The number of carbonyl (C=O) groups is 2. The van der Waals surface area contributed by atoms with Crippen LogP contribution in [0.4, 0.5) is 4.79 Å². The van der Waals surface area contributed by atoms with Crippen LogP contribution in [0.3, 0.4) is 0 Å². The highest BCUT2D eigenvalue weighted by Gasteiger charge is 2.51. The number of aromatic nitrogens is 4. The highest BCUT2D eigenvalue weighted by molar-refractivity contribution is 7.99. The second kappa shape index (κ2) is 7.86. The number of carbonyl (C=O) groups excluding carboxylic acids is 2. The number of nitrogens with one attached hydrogen (secondary N) is 2. The molecule has 6 rings (SSSR count). The highest BCUT2D eigenvalue weighted by atomic mass is 32.2. The molecule has 4 aliphatic carbocycles. The minimum Gasteiger partial charge on any atom is -0.376 e. The van der Waals surface area contributed by atoms with Gasteiger partial charge in [-0.3, -0.25) is 10.1 Å². The molecule has 1 aliphatic heterocycles. The number of amides is 3. The zero-order valence-electron chi connectivity index (χ0n) is 16.5. The van der Waals surface area contributed by atoms with E-state index in [1.165, 1.54) is 31.0 Å². The van der Waals surface area contributed by atoms with Gasteiger partial charge in [-0.15, -0.1) is 5.10 Å². The molecule has 1 aromatic heterocycles. The molecule has 29 heavy (non-hydrogen) atoms. The topological polar surface area (TPSA) is 111 Å². The fourth-order valence-electron chi connectivity index (χ4n) is 6.22. The van der Waals surface area contributed by atoms with Crippen LogP contribution in [0.5, 0.6) is 0 Å². The predicted octanol–water partition coefficient (Wildman–Crippen LogP) is 1.74. The Morgan fingerprint density at radius 1 is 1.17 bits per heavy atom. The van der Waals surface area contributed by atoms with Crippen molar-refractivity contribution in [3.05, 3.63) is 0 Å². The quantitative estimate of drug-likeness (QED) is 0.674. The Labute approximate surface area is 174 Å². The van der Waals surface area contributed by atoms with Crippen molar-refractivity contribution in [1.29, 1.82) is 0 Å². The normalized spacial score (nSPS) is 35.0. The van der Waals surface area contributed by atoms with Gasteiger partial charge in [-0.05, 0) is 79.5 Å². The lowest BCUT2D eigenvalue weighted by Crippen LogP contribution is -2.61. The molecular weight excluding hydrogens is 392 g/mol. The predicted molar refractivity (Wildman–Crippen MR) is 105 cm³/mol. The van der Waals surface area contributed by atoms with Gasteiger partial charge in [-0.2, -0.15) is 0 Å². The summed E-state index contributed by atoms with van der Waals surface area (Å²) in [6.07, 6.45) is 9.31. The van der Waals surface area contributed by atoms with E-state index in [1.54, 1.807) is 4.68 Å². The Hall–Kier alpha value is -1.68. The Morgan fingerprint density at radius 2 is 1.90 bits per heavy atom. The van der Waals surface area contributed by atoms with Gasteiger partial charge in [0.2, 0.25) is 11.1 Å². The van der Waals surface area contributed by atoms with Gasteiger partial charge in [0.1, 0.15) is 0 Å². The Kier molecular flexibility index (Phi) is 5.23. The van der Waals surface area contributed by atoms with Crippen molar-refractivity contribution in [2.45, 2.75) is 74.7 Å². The molecular formula is C19H28N6O3S. The summed E-state index contributed by atoms with van der Waals surface area (Å²) >= 11 is 1.24. The summed E-state index contributed by atoms with van der Waals surface area (Å²) in [6.45, 7) is 1.36. The van der Waals surface area contributed by atoms with Crippen molar-refractivity contribution in [2.75, 3.05) is 12.4 Å². The van der Waals surface area contributed by atoms with E-state index in [9.17, 15) is 9.59 Å². The van der Waals surface area contributed by atoms with E-state index in [-0.39, 0.29) is 29.3 Å². The summed E-state index contributed by atoms with van der Waals surface area (Å²) in [5.74, 6) is 2.01. The third-order valence-electron chi connectivity index (χ3n) is 6.90. The first-order chi connectivity index (χ1) is 14.1. The van der Waals surface area contributed by atoms with E-state index in [4.69, 9.17) is 4.74 Å². The van der Waals surface area contributed by atoms with Gasteiger partial charge in [0.05, 0.1) is 18.4 Å². The lowest BCUT2D eigenvalue weighted by Gasteiger charge is -2.56. The molecule has 1 aromatic rings. The molecule has 2 N–H and O–H groups in total. The molecule has 0 radical (unpaired) electrons. The van der Waals surface area contributed by atoms with Crippen molar-refractivity contribution in [1.82, 2.24) is 30.8 Å². The fraction of sp³-hybridized carbons (Fsp3) is 0.842. The van der Waals surface area contributed by atoms with Crippen LogP contribution in [0.25, 0.3) is 0 Å². The van der Waals surface area contributed by atoms with E-state index >= 15 is 0 Å². The zero-order valence-corrected chi connectivity index (χ0v) is 17.3. The summed E-state index contributed by atoms with van der Waals surface area (Å²) in [5.41, 5.74) is -0.0996. The molecule has 0 spiro atoms. The molecule has 0 aromatic carbocycles.